The number of carbonyl (C=O) groups excluding carboxylic acids is 2. The van der Waals surface area contributed by atoms with Crippen molar-refractivity contribution in [3.05, 3.63) is 42.4 Å². The summed E-state index contributed by atoms with van der Waals surface area (Å²) >= 11 is 0. The van der Waals surface area contributed by atoms with E-state index in [-0.39, 0.29) is 17.7 Å². The molecule has 35 heavy (non-hydrogen) atoms. The molecule has 1 aliphatic rings. The van der Waals surface area contributed by atoms with Crippen molar-refractivity contribution in [1.29, 1.82) is 0 Å². The molecule has 0 atom stereocenters. The standard InChI is InChI=1S/C21H25N3O3.C5H10N2O/c1-22-19(25)11-5-3-4-6-12-20-23-14-18(27-20)16-13-15-9-7-8-10-17(15)24-21(16)26-2;1-7-2-4(3-7)5(6)8/h7-10,13-14H,3-6,11-12H2,1-2H3,(H,22,25);4H,2-3H2,1H3,(H2,6,8). The third kappa shape index (κ3) is 7.51. The topological polar surface area (TPSA) is 124 Å². The lowest BCUT2D eigenvalue weighted by Gasteiger charge is -2.33. The summed E-state index contributed by atoms with van der Waals surface area (Å²) in [7, 11) is 5.25. The number of para-hydroxylation sites is 1. The molecule has 2 amide bonds. The van der Waals surface area contributed by atoms with E-state index < -0.39 is 0 Å². The van der Waals surface area contributed by atoms with E-state index in [9.17, 15) is 9.59 Å². The number of hydrogen-bond donors (Lipinski definition) is 2. The van der Waals surface area contributed by atoms with Gasteiger partial charge in [0.2, 0.25) is 17.7 Å². The minimum atomic E-state index is -0.164. The molecule has 2 aromatic heterocycles. The number of unbranched alkanes of at least 4 members (excludes halogenated alkanes) is 3. The summed E-state index contributed by atoms with van der Waals surface area (Å²) in [4.78, 5) is 32.5. The fraction of sp³-hybridized carbons (Fsp3) is 0.462. The van der Waals surface area contributed by atoms with Crippen LogP contribution in [0.25, 0.3) is 22.2 Å². The van der Waals surface area contributed by atoms with Crippen LogP contribution >= 0.6 is 0 Å². The van der Waals surface area contributed by atoms with Crippen LogP contribution in [-0.2, 0) is 16.0 Å². The summed E-state index contributed by atoms with van der Waals surface area (Å²) in [6.07, 6.45) is 7.09. The average molecular weight is 482 g/mol. The molecule has 3 aromatic rings. The molecular weight excluding hydrogens is 446 g/mol. The van der Waals surface area contributed by atoms with Crippen LogP contribution in [0.2, 0.25) is 0 Å². The van der Waals surface area contributed by atoms with Crippen LogP contribution in [0.5, 0.6) is 5.88 Å². The van der Waals surface area contributed by atoms with E-state index in [1.54, 1.807) is 20.4 Å². The Morgan fingerprint density at radius 2 is 1.94 bits per heavy atom. The first-order valence-electron chi connectivity index (χ1n) is 12.0. The fourth-order valence-corrected chi connectivity index (χ4v) is 3.90. The fourth-order valence-electron chi connectivity index (χ4n) is 3.90. The molecule has 3 heterocycles. The summed E-state index contributed by atoms with van der Waals surface area (Å²) < 4.78 is 11.4. The van der Waals surface area contributed by atoms with Gasteiger partial charge in [0.15, 0.2) is 11.7 Å². The number of nitrogens with one attached hydrogen (secondary N) is 1. The third-order valence-corrected chi connectivity index (χ3v) is 5.99. The maximum atomic E-state index is 11.2. The van der Waals surface area contributed by atoms with Crippen molar-refractivity contribution in [2.75, 3.05) is 34.3 Å². The minimum absolute atomic E-state index is 0.102. The molecule has 1 aliphatic heterocycles. The summed E-state index contributed by atoms with van der Waals surface area (Å²) in [5.74, 6) is 1.98. The largest absolute Gasteiger partial charge is 0.480 e. The molecular formula is C26H35N5O4. The molecule has 1 aromatic carbocycles. The van der Waals surface area contributed by atoms with Gasteiger partial charge in [-0.05, 0) is 32.0 Å². The first kappa shape index (κ1) is 26.2. The molecule has 0 unspecified atom stereocenters. The third-order valence-electron chi connectivity index (χ3n) is 5.99. The number of amides is 2. The van der Waals surface area contributed by atoms with E-state index in [1.807, 2.05) is 37.4 Å². The molecule has 9 nitrogen and oxygen atoms in total. The van der Waals surface area contributed by atoms with Gasteiger partial charge < -0.3 is 25.1 Å². The molecule has 0 radical (unpaired) electrons. The Balaban J connectivity index is 0.000000363. The number of oxazole rings is 1. The highest BCUT2D eigenvalue weighted by molar-refractivity contribution is 5.85. The van der Waals surface area contributed by atoms with Crippen molar-refractivity contribution in [1.82, 2.24) is 20.2 Å². The average Bonchev–Trinajstić information content (AvgIpc) is 3.32. The van der Waals surface area contributed by atoms with Gasteiger partial charge in [-0.1, -0.05) is 31.0 Å². The number of methoxy groups -OCH3 is 1. The number of carbonyl (C=O) groups is 2. The number of likely N-dealkylation sites (tertiary alicyclic amines) is 1. The number of rotatable bonds is 10. The molecule has 9 heteroatoms. The first-order chi connectivity index (χ1) is 16.9. The minimum Gasteiger partial charge on any atom is -0.480 e. The van der Waals surface area contributed by atoms with Gasteiger partial charge >= 0.3 is 0 Å². The number of hydrogen-bond acceptors (Lipinski definition) is 7. The number of aryl methyl sites for hydroxylation is 1. The Morgan fingerprint density at radius 3 is 2.60 bits per heavy atom. The van der Waals surface area contributed by atoms with Crippen LogP contribution in [-0.4, -0.2) is 61.0 Å². The highest BCUT2D eigenvalue weighted by atomic mass is 16.5. The van der Waals surface area contributed by atoms with Crippen LogP contribution in [0.15, 0.2) is 40.9 Å². The highest BCUT2D eigenvalue weighted by Crippen LogP contribution is 2.32. The number of nitrogens with zero attached hydrogens (tertiary/aromatic N) is 3. The predicted molar refractivity (Wildman–Crippen MR) is 135 cm³/mol. The predicted octanol–water partition coefficient (Wildman–Crippen LogP) is 3.17. The van der Waals surface area contributed by atoms with Crippen molar-refractivity contribution in [2.45, 2.75) is 38.5 Å². The Labute approximate surface area is 206 Å². The SMILES string of the molecule is CN1CC(C(N)=O)C1.CNC(=O)CCCCCCc1ncc(-c2cc3ccccc3nc2OC)o1. The maximum absolute atomic E-state index is 11.2. The van der Waals surface area contributed by atoms with E-state index in [4.69, 9.17) is 14.9 Å². The van der Waals surface area contributed by atoms with Crippen LogP contribution in [0.1, 0.15) is 38.0 Å². The Morgan fingerprint density at radius 1 is 1.20 bits per heavy atom. The lowest BCUT2D eigenvalue weighted by molar-refractivity contribution is -0.126. The zero-order chi connectivity index (χ0) is 25.2. The maximum Gasteiger partial charge on any atom is 0.224 e. The van der Waals surface area contributed by atoms with Gasteiger partial charge in [-0.25, -0.2) is 9.97 Å². The van der Waals surface area contributed by atoms with Gasteiger partial charge in [0.25, 0.3) is 0 Å². The van der Waals surface area contributed by atoms with E-state index in [0.29, 0.717) is 24.0 Å². The molecule has 0 bridgehead atoms. The second-order valence-electron chi connectivity index (χ2n) is 8.76. The molecule has 1 saturated heterocycles. The van der Waals surface area contributed by atoms with Crippen LogP contribution in [0.4, 0.5) is 0 Å². The zero-order valence-electron chi connectivity index (χ0n) is 20.8. The molecule has 0 saturated carbocycles. The molecule has 188 valence electrons. The van der Waals surface area contributed by atoms with Gasteiger partial charge in [-0.3, -0.25) is 9.59 Å². The van der Waals surface area contributed by atoms with Gasteiger partial charge in [-0.2, -0.15) is 0 Å². The Bertz CT molecular complexity index is 1120. The number of fused-ring (bicyclic) bond motifs is 1. The van der Waals surface area contributed by atoms with Crippen molar-refractivity contribution >= 4 is 22.7 Å². The lowest BCUT2D eigenvalue weighted by atomic mass is 10.0. The van der Waals surface area contributed by atoms with Crippen molar-refractivity contribution in [3.8, 4) is 17.2 Å². The molecule has 4 rings (SSSR count). The van der Waals surface area contributed by atoms with Crippen LogP contribution < -0.4 is 15.8 Å². The summed E-state index contributed by atoms with van der Waals surface area (Å²) in [5, 5.41) is 3.67. The quantitative estimate of drug-likeness (QED) is 0.426. The normalized spacial score (nSPS) is 13.6. The lowest BCUT2D eigenvalue weighted by Crippen LogP contribution is -2.50. The smallest absolute Gasteiger partial charge is 0.224 e. The number of primary amides is 1. The molecule has 1 fully saturated rings. The van der Waals surface area contributed by atoms with Crippen LogP contribution in [0.3, 0.4) is 0 Å². The Kier molecular flexibility index (Phi) is 9.60. The van der Waals surface area contributed by atoms with Crippen molar-refractivity contribution in [3.63, 3.8) is 0 Å². The molecule has 3 N–H and O–H groups in total. The van der Waals surface area contributed by atoms with Crippen molar-refractivity contribution in [2.24, 2.45) is 11.7 Å². The van der Waals surface area contributed by atoms with Gasteiger partial charge in [0.05, 0.1) is 30.3 Å². The number of pyridine rings is 1. The van der Waals surface area contributed by atoms with Gasteiger partial charge in [-0.15, -0.1) is 0 Å². The van der Waals surface area contributed by atoms with E-state index in [1.165, 1.54) is 0 Å². The molecule has 0 spiro atoms. The molecule has 0 aliphatic carbocycles. The summed E-state index contributed by atoms with van der Waals surface area (Å²) in [5.41, 5.74) is 6.68. The van der Waals surface area contributed by atoms with Crippen molar-refractivity contribution < 1.29 is 18.7 Å². The number of aromatic nitrogens is 2. The number of nitrogens with two attached hydrogens (primary N) is 1. The highest BCUT2D eigenvalue weighted by Gasteiger charge is 2.27. The van der Waals surface area contributed by atoms with Crippen LogP contribution in [0, 0.1) is 5.92 Å². The van der Waals surface area contributed by atoms with E-state index in [0.717, 1.165) is 61.7 Å². The summed E-state index contributed by atoms with van der Waals surface area (Å²) in [6.45, 7) is 1.69. The second kappa shape index (κ2) is 12.9. The second-order valence-corrected chi connectivity index (χ2v) is 8.76. The zero-order valence-corrected chi connectivity index (χ0v) is 20.8. The van der Waals surface area contributed by atoms with E-state index in [2.05, 4.69) is 20.2 Å². The van der Waals surface area contributed by atoms with Gasteiger partial charge in [0.1, 0.15) is 0 Å². The van der Waals surface area contributed by atoms with Gasteiger partial charge in [0, 0.05) is 38.4 Å². The first-order valence-corrected chi connectivity index (χ1v) is 12.0. The monoisotopic (exact) mass is 481 g/mol. The number of ether oxygens (including phenoxy) is 1. The number of benzene rings is 1. The Hall–Kier alpha value is -3.46. The van der Waals surface area contributed by atoms with E-state index >= 15 is 0 Å². The summed E-state index contributed by atoms with van der Waals surface area (Å²) in [6, 6.07) is 9.93.